The van der Waals surface area contributed by atoms with Crippen LogP contribution in [0.25, 0.3) is 105 Å². The molecule has 0 saturated heterocycles. The first-order valence-electron chi connectivity index (χ1n) is 20.2. The summed E-state index contributed by atoms with van der Waals surface area (Å²) in [7, 11) is 0. The molecule has 276 valence electrons. The second-order valence-corrected chi connectivity index (χ2v) is 15.1. The van der Waals surface area contributed by atoms with E-state index in [1.54, 1.807) is 0 Å². The van der Waals surface area contributed by atoms with E-state index in [2.05, 4.69) is 235 Å². The minimum atomic E-state index is 0.894. The molecule has 10 aromatic carbocycles. The number of hydrogen-bond acceptors (Lipinski definition) is 1. The van der Waals surface area contributed by atoms with Gasteiger partial charge in [0, 0.05) is 22.4 Å². The maximum absolute atomic E-state index is 5.57. The first-order chi connectivity index (χ1) is 29.3. The van der Waals surface area contributed by atoms with Crippen molar-refractivity contribution in [1.82, 2.24) is 9.55 Å². The molecule has 2 heteroatoms. The highest BCUT2D eigenvalue weighted by Crippen LogP contribution is 2.45. The average Bonchev–Trinajstić information content (AvgIpc) is 3.72. The van der Waals surface area contributed by atoms with Gasteiger partial charge in [0.05, 0.1) is 11.4 Å². The Bertz CT molecular complexity index is 3230. The molecule has 0 aliphatic heterocycles. The van der Waals surface area contributed by atoms with Gasteiger partial charge in [-0.15, -0.1) is 0 Å². The van der Waals surface area contributed by atoms with Crippen LogP contribution in [-0.4, -0.2) is 9.55 Å². The number of rotatable bonds is 7. The van der Waals surface area contributed by atoms with Gasteiger partial charge in [-0.2, -0.15) is 0 Å². The third kappa shape index (κ3) is 6.02. The Morgan fingerprint density at radius 2 is 0.763 bits per heavy atom. The Morgan fingerprint density at radius 3 is 1.37 bits per heavy atom. The molecular formula is C57H38N2. The Balaban J connectivity index is 1.15. The molecule has 0 saturated carbocycles. The Hall–Kier alpha value is -7.81. The van der Waals surface area contributed by atoms with Gasteiger partial charge < -0.3 is 0 Å². The van der Waals surface area contributed by atoms with Gasteiger partial charge in [-0.25, -0.2) is 4.98 Å². The molecule has 2 nitrogen and oxygen atoms in total. The highest BCUT2D eigenvalue weighted by Gasteiger charge is 2.25. The summed E-state index contributed by atoms with van der Waals surface area (Å²) in [5.41, 5.74) is 13.5. The molecule has 1 heterocycles. The minimum absolute atomic E-state index is 0.894. The van der Waals surface area contributed by atoms with Crippen LogP contribution in [0.1, 0.15) is 0 Å². The van der Waals surface area contributed by atoms with Crippen molar-refractivity contribution in [3.8, 4) is 73.0 Å². The van der Waals surface area contributed by atoms with E-state index in [1.165, 1.54) is 54.6 Å². The Kier molecular flexibility index (Phi) is 8.52. The van der Waals surface area contributed by atoms with Gasteiger partial charge in [-0.1, -0.05) is 212 Å². The fraction of sp³-hybridized carbons (Fsp3) is 0. The van der Waals surface area contributed by atoms with Crippen LogP contribution in [0.15, 0.2) is 231 Å². The van der Waals surface area contributed by atoms with E-state index < -0.39 is 0 Å². The highest BCUT2D eigenvalue weighted by molar-refractivity contribution is 6.21. The van der Waals surface area contributed by atoms with E-state index in [4.69, 9.17) is 4.98 Å². The normalized spacial score (nSPS) is 11.4. The molecule has 0 N–H and O–H groups in total. The number of benzene rings is 10. The number of hydrogen-bond donors (Lipinski definition) is 0. The Morgan fingerprint density at radius 1 is 0.305 bits per heavy atom. The van der Waals surface area contributed by atoms with Gasteiger partial charge in [0.25, 0.3) is 0 Å². The number of imidazole rings is 1. The van der Waals surface area contributed by atoms with Crippen molar-refractivity contribution in [3.05, 3.63) is 231 Å². The quantitative estimate of drug-likeness (QED) is 0.148. The van der Waals surface area contributed by atoms with Gasteiger partial charge in [0.1, 0.15) is 5.82 Å². The zero-order valence-corrected chi connectivity index (χ0v) is 32.3. The summed E-state index contributed by atoms with van der Waals surface area (Å²) in [6, 6.07) is 82.9. The maximum atomic E-state index is 5.57. The molecule has 0 spiro atoms. The molecule has 0 radical (unpaired) electrons. The largest absolute Gasteiger partial charge is 0.292 e. The van der Waals surface area contributed by atoms with Crippen LogP contribution in [0.3, 0.4) is 0 Å². The van der Waals surface area contributed by atoms with Crippen molar-refractivity contribution >= 4 is 32.3 Å². The van der Waals surface area contributed by atoms with E-state index in [-0.39, 0.29) is 0 Å². The molecule has 0 fully saturated rings. The van der Waals surface area contributed by atoms with E-state index >= 15 is 0 Å². The summed E-state index contributed by atoms with van der Waals surface area (Å²) in [5.74, 6) is 0.894. The smallest absolute Gasteiger partial charge is 0.146 e. The summed E-state index contributed by atoms with van der Waals surface area (Å²) >= 11 is 0. The third-order valence-corrected chi connectivity index (χ3v) is 11.6. The van der Waals surface area contributed by atoms with E-state index in [1.807, 2.05) is 0 Å². The van der Waals surface area contributed by atoms with Crippen LogP contribution in [-0.2, 0) is 0 Å². The average molecular weight is 751 g/mol. The molecule has 0 atom stereocenters. The fourth-order valence-corrected chi connectivity index (χ4v) is 8.93. The molecule has 0 unspecified atom stereocenters. The summed E-state index contributed by atoms with van der Waals surface area (Å²) < 4.78 is 2.36. The molecule has 59 heavy (non-hydrogen) atoms. The van der Waals surface area contributed by atoms with Gasteiger partial charge in [-0.3, -0.25) is 4.57 Å². The summed E-state index contributed by atoms with van der Waals surface area (Å²) in [5, 5.41) is 7.45. The predicted molar refractivity (Wildman–Crippen MR) is 249 cm³/mol. The van der Waals surface area contributed by atoms with E-state index in [9.17, 15) is 0 Å². The SMILES string of the molecule is c1ccc(-c2ccccc2-c2nc(-c3ccccc3)c(-c3ccccc3)n2-c2ccc(-c3c4ccccc4c(-c4ccc5ccccc5c4)c4ccccc34)cc2)cc1. The van der Waals surface area contributed by atoms with Gasteiger partial charge in [0.2, 0.25) is 0 Å². The minimum Gasteiger partial charge on any atom is -0.292 e. The molecular weight excluding hydrogens is 713 g/mol. The van der Waals surface area contributed by atoms with Gasteiger partial charge in [0.15, 0.2) is 0 Å². The van der Waals surface area contributed by atoms with Crippen LogP contribution in [0, 0.1) is 0 Å². The lowest BCUT2D eigenvalue weighted by atomic mass is 9.85. The Labute approximate surface area is 344 Å². The van der Waals surface area contributed by atoms with Crippen molar-refractivity contribution in [1.29, 1.82) is 0 Å². The van der Waals surface area contributed by atoms with Crippen LogP contribution in [0.5, 0.6) is 0 Å². The monoisotopic (exact) mass is 750 g/mol. The van der Waals surface area contributed by atoms with Crippen molar-refractivity contribution in [2.45, 2.75) is 0 Å². The van der Waals surface area contributed by atoms with Crippen LogP contribution in [0.2, 0.25) is 0 Å². The van der Waals surface area contributed by atoms with Gasteiger partial charge >= 0.3 is 0 Å². The molecule has 0 bridgehead atoms. The first-order valence-corrected chi connectivity index (χ1v) is 20.2. The predicted octanol–water partition coefficient (Wildman–Crippen LogP) is 15.3. The molecule has 0 amide bonds. The molecule has 11 aromatic rings. The lowest BCUT2D eigenvalue weighted by molar-refractivity contribution is 1.07. The highest BCUT2D eigenvalue weighted by atomic mass is 15.1. The zero-order valence-electron chi connectivity index (χ0n) is 32.3. The summed E-state index contributed by atoms with van der Waals surface area (Å²) in [4.78, 5) is 5.57. The van der Waals surface area contributed by atoms with Gasteiger partial charge in [-0.05, 0) is 83.9 Å². The van der Waals surface area contributed by atoms with E-state index in [0.29, 0.717) is 0 Å². The molecule has 1 aromatic heterocycles. The van der Waals surface area contributed by atoms with Crippen molar-refractivity contribution in [2.24, 2.45) is 0 Å². The van der Waals surface area contributed by atoms with Crippen LogP contribution < -0.4 is 0 Å². The van der Waals surface area contributed by atoms with Crippen LogP contribution in [0.4, 0.5) is 0 Å². The van der Waals surface area contributed by atoms with Crippen LogP contribution >= 0.6 is 0 Å². The zero-order chi connectivity index (χ0) is 39.1. The lowest BCUT2D eigenvalue weighted by Gasteiger charge is -2.19. The van der Waals surface area contributed by atoms with Crippen molar-refractivity contribution in [3.63, 3.8) is 0 Å². The van der Waals surface area contributed by atoms with Crippen molar-refractivity contribution in [2.75, 3.05) is 0 Å². The topological polar surface area (TPSA) is 17.8 Å². The number of fused-ring (bicyclic) bond motifs is 3. The lowest BCUT2D eigenvalue weighted by Crippen LogP contribution is -2.01. The first kappa shape index (κ1) is 34.4. The third-order valence-electron chi connectivity index (χ3n) is 11.6. The summed E-state index contributed by atoms with van der Waals surface area (Å²) in [6.45, 7) is 0. The van der Waals surface area contributed by atoms with Crippen molar-refractivity contribution < 1.29 is 0 Å². The second-order valence-electron chi connectivity index (χ2n) is 15.1. The fourth-order valence-electron chi connectivity index (χ4n) is 8.93. The second kappa shape index (κ2) is 14.6. The summed E-state index contributed by atoms with van der Waals surface area (Å²) in [6.07, 6.45) is 0. The van der Waals surface area contributed by atoms with E-state index in [0.717, 1.165) is 50.7 Å². The standard InChI is InChI=1S/C57H38N2/c1-4-19-40(20-5-1)47-26-12-17-31-52(47)57-58-55(42-21-6-2-7-22-42)56(43-23-8-3-9-24-43)59(57)46-36-34-41(35-37-46)53-48-27-13-15-29-50(48)54(51-30-16-14-28-49(51)53)45-33-32-39-18-10-11-25-44(39)38-45/h1-38H. The molecule has 0 aliphatic carbocycles. The maximum Gasteiger partial charge on any atom is 0.146 e. The molecule has 0 aliphatic rings. The molecule has 11 rings (SSSR count). The number of nitrogens with zero attached hydrogens (tertiary/aromatic N) is 2. The number of aromatic nitrogens is 2.